The quantitative estimate of drug-likeness (QED) is 0.806. The van der Waals surface area contributed by atoms with Gasteiger partial charge in [-0.1, -0.05) is 37.6 Å². The topological polar surface area (TPSA) is 29.3 Å². The lowest BCUT2D eigenvalue weighted by atomic mass is 9.96. The fraction of sp³-hybridized carbons (Fsp3) is 0.600. The summed E-state index contributed by atoms with van der Waals surface area (Å²) in [4.78, 5) is 1.41. The fourth-order valence-electron chi connectivity index (χ4n) is 2.45. The smallest absolute Gasteiger partial charge is 0.326 e. The summed E-state index contributed by atoms with van der Waals surface area (Å²) in [7, 11) is 0. The minimum absolute atomic E-state index is 0.348. The third-order valence-corrected chi connectivity index (χ3v) is 3.63. The van der Waals surface area contributed by atoms with Gasteiger partial charge in [-0.2, -0.15) is 13.2 Å². The molecule has 0 radical (unpaired) electrons. The lowest BCUT2D eigenvalue weighted by Crippen LogP contribution is -2.45. The van der Waals surface area contributed by atoms with Gasteiger partial charge < -0.3 is 5.73 Å². The molecule has 1 aromatic carbocycles. The molecule has 120 valence electrons. The lowest BCUT2D eigenvalue weighted by Gasteiger charge is -2.36. The van der Waals surface area contributed by atoms with Gasteiger partial charge in [0.2, 0.25) is 0 Å². The summed E-state index contributed by atoms with van der Waals surface area (Å²) in [6, 6.07) is 6.05. The summed E-state index contributed by atoms with van der Waals surface area (Å²) in [5.41, 5.74) is 6.87. The number of alkyl halides is 3. The van der Waals surface area contributed by atoms with Crippen molar-refractivity contribution in [2.24, 2.45) is 5.73 Å². The monoisotopic (exact) mass is 322 g/mol. The van der Waals surface area contributed by atoms with Gasteiger partial charge in [-0.3, -0.25) is 4.90 Å². The number of benzene rings is 1. The maximum atomic E-state index is 12.8. The molecule has 2 N–H and O–H groups in total. The molecule has 0 saturated heterocycles. The van der Waals surface area contributed by atoms with Crippen molar-refractivity contribution < 1.29 is 13.2 Å². The molecule has 2 atom stereocenters. The van der Waals surface area contributed by atoms with Crippen molar-refractivity contribution in [3.63, 3.8) is 0 Å². The van der Waals surface area contributed by atoms with Crippen molar-refractivity contribution in [2.75, 3.05) is 13.1 Å². The molecule has 0 heterocycles. The number of rotatable bonds is 7. The van der Waals surface area contributed by atoms with Gasteiger partial charge in [-0.15, -0.1) is 0 Å². The van der Waals surface area contributed by atoms with Crippen LogP contribution in [0.5, 0.6) is 0 Å². The van der Waals surface area contributed by atoms with Crippen LogP contribution in [0.2, 0.25) is 5.02 Å². The van der Waals surface area contributed by atoms with Crippen molar-refractivity contribution in [1.82, 2.24) is 4.90 Å². The van der Waals surface area contributed by atoms with Crippen LogP contribution in [0.3, 0.4) is 0 Å². The summed E-state index contributed by atoms with van der Waals surface area (Å²) in [5, 5.41) is 0.556. The summed E-state index contributed by atoms with van der Waals surface area (Å²) >= 11 is 5.85. The highest BCUT2D eigenvalue weighted by atomic mass is 35.5. The molecule has 1 aromatic rings. The summed E-state index contributed by atoms with van der Waals surface area (Å²) in [6.45, 7) is 3.13. The first-order chi connectivity index (χ1) is 9.78. The lowest BCUT2D eigenvalue weighted by molar-refractivity contribution is -0.152. The number of hydrogen-bond donors (Lipinski definition) is 1. The Balaban J connectivity index is 3.10. The van der Waals surface area contributed by atoms with Crippen LogP contribution in [0.25, 0.3) is 0 Å². The Kier molecular flexibility index (Phi) is 6.97. The van der Waals surface area contributed by atoms with Crippen molar-refractivity contribution in [3.8, 4) is 0 Å². The Bertz CT molecular complexity index is 420. The van der Waals surface area contributed by atoms with Gasteiger partial charge >= 0.3 is 6.18 Å². The Morgan fingerprint density at radius 3 is 2.19 bits per heavy atom. The van der Waals surface area contributed by atoms with E-state index in [9.17, 15) is 13.2 Å². The molecule has 6 heteroatoms. The van der Waals surface area contributed by atoms with E-state index < -0.39 is 18.8 Å². The zero-order chi connectivity index (χ0) is 16.0. The second-order valence-corrected chi connectivity index (χ2v) is 5.59. The molecule has 0 amide bonds. The summed E-state index contributed by atoms with van der Waals surface area (Å²) < 4.78 is 38.5. The highest BCUT2D eigenvalue weighted by Gasteiger charge is 2.35. The van der Waals surface area contributed by atoms with E-state index in [0.717, 1.165) is 5.56 Å². The molecule has 0 aliphatic heterocycles. The van der Waals surface area contributed by atoms with E-state index in [0.29, 0.717) is 24.4 Å². The van der Waals surface area contributed by atoms with Gasteiger partial charge in [0.25, 0.3) is 0 Å². The van der Waals surface area contributed by atoms with E-state index >= 15 is 0 Å². The SMILES string of the molecule is CCCN(CC(F)(F)F)C(c1ccc(Cl)cc1)C(N)CC. The van der Waals surface area contributed by atoms with E-state index in [4.69, 9.17) is 17.3 Å². The average molecular weight is 323 g/mol. The van der Waals surface area contributed by atoms with Gasteiger partial charge in [0.1, 0.15) is 0 Å². The standard InChI is InChI=1S/C15H22ClF3N2/c1-3-9-21(10-15(17,18)19)14(13(20)4-2)11-5-7-12(16)8-6-11/h5-8,13-14H,3-4,9-10,20H2,1-2H3. The van der Waals surface area contributed by atoms with Gasteiger partial charge in [0.15, 0.2) is 0 Å². The van der Waals surface area contributed by atoms with Crippen molar-refractivity contribution in [3.05, 3.63) is 34.9 Å². The van der Waals surface area contributed by atoms with Crippen LogP contribution < -0.4 is 5.73 Å². The zero-order valence-corrected chi connectivity index (χ0v) is 13.1. The molecule has 1 rings (SSSR count). The van der Waals surface area contributed by atoms with Gasteiger partial charge in [0, 0.05) is 11.1 Å². The van der Waals surface area contributed by atoms with Crippen LogP contribution in [0.15, 0.2) is 24.3 Å². The third-order valence-electron chi connectivity index (χ3n) is 3.38. The maximum Gasteiger partial charge on any atom is 0.401 e. The third kappa shape index (κ3) is 5.85. The summed E-state index contributed by atoms with van der Waals surface area (Å²) in [5.74, 6) is 0. The molecule has 2 nitrogen and oxygen atoms in total. The highest BCUT2D eigenvalue weighted by Crippen LogP contribution is 2.29. The molecule has 0 bridgehead atoms. The second-order valence-electron chi connectivity index (χ2n) is 5.15. The molecule has 0 fully saturated rings. The molecule has 21 heavy (non-hydrogen) atoms. The van der Waals surface area contributed by atoms with Crippen LogP contribution in [0.4, 0.5) is 13.2 Å². The maximum absolute atomic E-state index is 12.8. The van der Waals surface area contributed by atoms with Crippen molar-refractivity contribution in [2.45, 2.75) is 44.9 Å². The minimum atomic E-state index is -4.24. The summed E-state index contributed by atoms with van der Waals surface area (Å²) in [6.07, 6.45) is -3.00. The largest absolute Gasteiger partial charge is 0.401 e. The number of halogens is 4. The molecule has 0 aromatic heterocycles. The van der Waals surface area contributed by atoms with Crippen LogP contribution in [-0.4, -0.2) is 30.2 Å². The van der Waals surface area contributed by atoms with Crippen LogP contribution in [0.1, 0.15) is 38.3 Å². The van der Waals surface area contributed by atoms with E-state index in [1.165, 1.54) is 4.90 Å². The predicted molar refractivity (Wildman–Crippen MR) is 80.4 cm³/mol. The Morgan fingerprint density at radius 2 is 1.76 bits per heavy atom. The van der Waals surface area contributed by atoms with Crippen LogP contribution in [-0.2, 0) is 0 Å². The number of hydrogen-bond acceptors (Lipinski definition) is 2. The fourth-order valence-corrected chi connectivity index (χ4v) is 2.57. The molecule has 0 saturated carbocycles. The van der Waals surface area contributed by atoms with Gasteiger partial charge in [0.05, 0.1) is 12.6 Å². The molecule has 0 aliphatic rings. The Morgan fingerprint density at radius 1 is 1.19 bits per heavy atom. The zero-order valence-electron chi connectivity index (χ0n) is 12.3. The molecule has 0 spiro atoms. The minimum Gasteiger partial charge on any atom is -0.326 e. The van der Waals surface area contributed by atoms with E-state index in [2.05, 4.69) is 0 Å². The van der Waals surface area contributed by atoms with Gasteiger partial charge in [-0.25, -0.2) is 0 Å². The molecular weight excluding hydrogens is 301 g/mol. The average Bonchev–Trinajstić information content (AvgIpc) is 2.39. The van der Waals surface area contributed by atoms with Crippen molar-refractivity contribution in [1.29, 1.82) is 0 Å². The highest BCUT2D eigenvalue weighted by molar-refractivity contribution is 6.30. The Labute approximate surface area is 129 Å². The number of nitrogens with two attached hydrogens (primary N) is 1. The second kappa shape index (κ2) is 8.01. The van der Waals surface area contributed by atoms with E-state index in [-0.39, 0.29) is 6.04 Å². The van der Waals surface area contributed by atoms with Crippen molar-refractivity contribution >= 4 is 11.6 Å². The normalized spacial score (nSPS) is 15.2. The molecule has 0 aliphatic carbocycles. The van der Waals surface area contributed by atoms with Crippen LogP contribution in [0, 0.1) is 0 Å². The first kappa shape index (κ1) is 18.3. The van der Waals surface area contributed by atoms with E-state index in [1.807, 2.05) is 13.8 Å². The Hall–Kier alpha value is -0.780. The van der Waals surface area contributed by atoms with Crippen LogP contribution >= 0.6 is 11.6 Å². The number of nitrogens with zero attached hydrogens (tertiary/aromatic N) is 1. The molecular formula is C15H22ClF3N2. The predicted octanol–water partition coefficient (Wildman–Crippen LogP) is 4.39. The van der Waals surface area contributed by atoms with E-state index in [1.54, 1.807) is 24.3 Å². The molecule has 2 unspecified atom stereocenters. The first-order valence-electron chi connectivity index (χ1n) is 7.10. The first-order valence-corrected chi connectivity index (χ1v) is 7.48. The van der Waals surface area contributed by atoms with Gasteiger partial charge in [-0.05, 0) is 37.1 Å².